The molecule has 1 heterocycles. The number of nitrogens with one attached hydrogen (secondary N) is 1. The van der Waals surface area contributed by atoms with E-state index in [9.17, 15) is 0 Å². The van der Waals surface area contributed by atoms with Gasteiger partial charge in [-0.25, -0.2) is 0 Å². The molecular weight excluding hydrogens is 254 g/mol. The van der Waals surface area contributed by atoms with E-state index in [0.717, 1.165) is 57.1 Å². The number of rotatable bonds is 7. The fourth-order valence-corrected chi connectivity index (χ4v) is 2.37. The van der Waals surface area contributed by atoms with Crippen LogP contribution in [0.1, 0.15) is 31.7 Å². The van der Waals surface area contributed by atoms with Crippen molar-refractivity contribution < 1.29 is 14.6 Å². The van der Waals surface area contributed by atoms with E-state index in [1.807, 2.05) is 6.07 Å². The molecule has 0 bridgehead atoms. The number of aliphatic hydroxyl groups is 1. The van der Waals surface area contributed by atoms with Gasteiger partial charge in [-0.3, -0.25) is 0 Å². The molecule has 2 N–H and O–H groups in total. The van der Waals surface area contributed by atoms with Gasteiger partial charge >= 0.3 is 0 Å². The summed E-state index contributed by atoms with van der Waals surface area (Å²) in [6.07, 6.45) is 2.89. The third kappa shape index (κ3) is 4.39. The molecule has 0 amide bonds. The SMILES string of the molecule is CCC(CCO)CNCc1ccc2c(c1)OCCCO2. The smallest absolute Gasteiger partial charge is 0.161 e. The molecule has 1 aliphatic heterocycles. The zero-order valence-electron chi connectivity index (χ0n) is 12.2. The molecule has 0 saturated heterocycles. The van der Waals surface area contributed by atoms with Gasteiger partial charge in [-0.05, 0) is 36.6 Å². The van der Waals surface area contributed by atoms with Gasteiger partial charge in [0.15, 0.2) is 11.5 Å². The lowest BCUT2D eigenvalue weighted by atomic mass is 10.0. The third-order valence-corrected chi connectivity index (χ3v) is 3.69. The van der Waals surface area contributed by atoms with Crippen LogP contribution in [0.3, 0.4) is 0 Å². The lowest BCUT2D eigenvalue weighted by molar-refractivity contribution is 0.251. The molecule has 1 unspecified atom stereocenters. The summed E-state index contributed by atoms with van der Waals surface area (Å²) in [4.78, 5) is 0. The van der Waals surface area contributed by atoms with E-state index in [1.165, 1.54) is 5.56 Å². The Morgan fingerprint density at radius 1 is 1.25 bits per heavy atom. The zero-order chi connectivity index (χ0) is 14.2. The first-order chi connectivity index (χ1) is 9.83. The van der Waals surface area contributed by atoms with E-state index in [1.54, 1.807) is 0 Å². The van der Waals surface area contributed by atoms with E-state index in [-0.39, 0.29) is 6.61 Å². The first-order valence-corrected chi connectivity index (χ1v) is 7.53. The van der Waals surface area contributed by atoms with E-state index < -0.39 is 0 Å². The van der Waals surface area contributed by atoms with Crippen molar-refractivity contribution in [3.63, 3.8) is 0 Å². The fourth-order valence-electron chi connectivity index (χ4n) is 2.37. The minimum absolute atomic E-state index is 0.268. The van der Waals surface area contributed by atoms with Crippen LogP contribution >= 0.6 is 0 Å². The number of aliphatic hydroxyl groups excluding tert-OH is 1. The molecule has 4 heteroatoms. The van der Waals surface area contributed by atoms with Crippen molar-refractivity contribution in [2.45, 2.75) is 32.7 Å². The molecule has 112 valence electrons. The Labute approximate surface area is 121 Å². The molecule has 1 aromatic rings. The topological polar surface area (TPSA) is 50.7 Å². The molecule has 20 heavy (non-hydrogen) atoms. The first-order valence-electron chi connectivity index (χ1n) is 7.53. The van der Waals surface area contributed by atoms with E-state index in [4.69, 9.17) is 14.6 Å². The lowest BCUT2D eigenvalue weighted by Gasteiger charge is -2.15. The Bertz CT molecular complexity index is 409. The summed E-state index contributed by atoms with van der Waals surface area (Å²) in [5.74, 6) is 2.24. The number of hydrogen-bond donors (Lipinski definition) is 2. The van der Waals surface area contributed by atoms with Crippen LogP contribution in [0.4, 0.5) is 0 Å². The van der Waals surface area contributed by atoms with Crippen LogP contribution in [0.25, 0.3) is 0 Å². The number of benzene rings is 1. The molecular formula is C16H25NO3. The summed E-state index contributed by atoms with van der Waals surface area (Å²) in [6, 6.07) is 6.12. The Morgan fingerprint density at radius 3 is 2.80 bits per heavy atom. The highest BCUT2D eigenvalue weighted by molar-refractivity contribution is 5.43. The molecule has 2 rings (SSSR count). The normalized spacial score (nSPS) is 15.7. The molecule has 4 nitrogen and oxygen atoms in total. The summed E-state index contributed by atoms with van der Waals surface area (Å²) < 4.78 is 11.3. The van der Waals surface area contributed by atoms with E-state index >= 15 is 0 Å². The maximum Gasteiger partial charge on any atom is 0.161 e. The van der Waals surface area contributed by atoms with Crippen molar-refractivity contribution in [3.05, 3.63) is 23.8 Å². The quantitative estimate of drug-likeness (QED) is 0.804. The van der Waals surface area contributed by atoms with Crippen molar-refractivity contribution in [2.75, 3.05) is 26.4 Å². The standard InChI is InChI=1S/C16H25NO3/c1-2-13(6-7-18)11-17-12-14-4-5-15-16(10-14)20-9-3-8-19-15/h4-5,10,13,17-18H,2-3,6-9,11-12H2,1H3. The van der Waals surface area contributed by atoms with Crippen LogP contribution in [0, 0.1) is 5.92 Å². The van der Waals surface area contributed by atoms with Crippen LogP contribution in [-0.2, 0) is 6.54 Å². The summed E-state index contributed by atoms with van der Waals surface area (Å²) >= 11 is 0. The van der Waals surface area contributed by atoms with Crippen LogP contribution in [-0.4, -0.2) is 31.5 Å². The Hall–Kier alpha value is -1.26. The lowest BCUT2D eigenvalue weighted by Crippen LogP contribution is -2.22. The first kappa shape index (κ1) is 15.1. The Balaban J connectivity index is 1.85. The summed E-state index contributed by atoms with van der Waals surface area (Å²) in [5, 5.41) is 12.4. The van der Waals surface area contributed by atoms with Crippen molar-refractivity contribution in [1.82, 2.24) is 5.32 Å². The molecule has 0 saturated carbocycles. The Morgan fingerprint density at radius 2 is 2.05 bits per heavy atom. The van der Waals surface area contributed by atoms with Crippen molar-refractivity contribution in [3.8, 4) is 11.5 Å². The van der Waals surface area contributed by atoms with Crippen molar-refractivity contribution >= 4 is 0 Å². The van der Waals surface area contributed by atoms with Crippen LogP contribution in [0.5, 0.6) is 11.5 Å². The summed E-state index contributed by atoms with van der Waals surface area (Å²) in [5.41, 5.74) is 1.20. The van der Waals surface area contributed by atoms with E-state index in [0.29, 0.717) is 5.92 Å². The largest absolute Gasteiger partial charge is 0.490 e. The predicted molar refractivity (Wildman–Crippen MR) is 79.2 cm³/mol. The van der Waals surface area contributed by atoms with Gasteiger partial charge in [-0.2, -0.15) is 0 Å². The average molecular weight is 279 g/mol. The summed E-state index contributed by atoms with van der Waals surface area (Å²) in [7, 11) is 0. The molecule has 1 aromatic carbocycles. The maximum absolute atomic E-state index is 8.98. The molecule has 1 aliphatic rings. The molecule has 0 spiro atoms. The minimum atomic E-state index is 0.268. The minimum Gasteiger partial charge on any atom is -0.490 e. The van der Waals surface area contributed by atoms with Gasteiger partial charge < -0.3 is 19.9 Å². The number of hydrogen-bond acceptors (Lipinski definition) is 4. The summed E-state index contributed by atoms with van der Waals surface area (Å²) in [6.45, 7) is 5.63. The van der Waals surface area contributed by atoms with Gasteiger partial charge in [-0.1, -0.05) is 19.4 Å². The van der Waals surface area contributed by atoms with Gasteiger partial charge in [0.25, 0.3) is 0 Å². The molecule has 0 aliphatic carbocycles. The number of fused-ring (bicyclic) bond motifs is 1. The molecule has 0 radical (unpaired) electrons. The highest BCUT2D eigenvalue weighted by atomic mass is 16.5. The van der Waals surface area contributed by atoms with Crippen LogP contribution in [0.2, 0.25) is 0 Å². The number of ether oxygens (including phenoxy) is 2. The van der Waals surface area contributed by atoms with Gasteiger partial charge in [-0.15, -0.1) is 0 Å². The predicted octanol–water partition coefficient (Wildman–Crippen LogP) is 2.35. The van der Waals surface area contributed by atoms with Gasteiger partial charge in [0.05, 0.1) is 13.2 Å². The monoisotopic (exact) mass is 279 g/mol. The average Bonchev–Trinajstić information content (AvgIpc) is 2.71. The second-order valence-electron chi connectivity index (χ2n) is 5.25. The third-order valence-electron chi connectivity index (χ3n) is 3.69. The molecule has 1 atom stereocenters. The second-order valence-corrected chi connectivity index (χ2v) is 5.25. The van der Waals surface area contributed by atoms with Gasteiger partial charge in [0.1, 0.15) is 0 Å². The van der Waals surface area contributed by atoms with Crippen LogP contribution < -0.4 is 14.8 Å². The molecule has 0 fully saturated rings. The van der Waals surface area contributed by atoms with Crippen LogP contribution in [0.15, 0.2) is 18.2 Å². The van der Waals surface area contributed by atoms with E-state index in [2.05, 4.69) is 24.4 Å². The second kappa shape index (κ2) is 8.12. The van der Waals surface area contributed by atoms with Gasteiger partial charge in [0.2, 0.25) is 0 Å². The fraction of sp³-hybridized carbons (Fsp3) is 0.625. The Kier molecular flexibility index (Phi) is 6.15. The zero-order valence-corrected chi connectivity index (χ0v) is 12.2. The highest BCUT2D eigenvalue weighted by Gasteiger charge is 2.11. The van der Waals surface area contributed by atoms with Gasteiger partial charge in [0, 0.05) is 19.6 Å². The van der Waals surface area contributed by atoms with Crippen molar-refractivity contribution in [1.29, 1.82) is 0 Å². The molecule has 0 aromatic heterocycles. The highest BCUT2D eigenvalue weighted by Crippen LogP contribution is 2.30. The maximum atomic E-state index is 8.98. The van der Waals surface area contributed by atoms with Crippen molar-refractivity contribution in [2.24, 2.45) is 5.92 Å².